The summed E-state index contributed by atoms with van der Waals surface area (Å²) in [5.41, 5.74) is -0.729. The second kappa shape index (κ2) is 18.2. The average Bonchev–Trinajstić information content (AvgIpc) is 2.48. The zero-order valence-electron chi connectivity index (χ0n) is 18.2. The third-order valence-corrected chi connectivity index (χ3v) is 5.40. The summed E-state index contributed by atoms with van der Waals surface area (Å²) in [6.07, 6.45) is 17.9. The molecule has 0 rings (SSSR count). The maximum absolute atomic E-state index is 11.6. The Bertz CT molecular complexity index is 345. The molecule has 0 N–H and O–H groups in total. The van der Waals surface area contributed by atoms with Gasteiger partial charge in [0.25, 0.3) is 7.82 Å². The Morgan fingerprint density at radius 3 is 1.42 bits per heavy atom. The Labute approximate surface area is 185 Å². The van der Waals surface area contributed by atoms with Crippen LogP contribution < -0.4 is 34.5 Å². The molecule has 0 amide bonds. The van der Waals surface area contributed by atoms with Gasteiger partial charge in [0.1, 0.15) is 0 Å². The van der Waals surface area contributed by atoms with Gasteiger partial charge in [-0.15, -0.1) is 0 Å². The molecule has 4 nitrogen and oxygen atoms in total. The minimum absolute atomic E-state index is 0. The fourth-order valence-corrected chi connectivity index (χ4v) is 3.91. The number of hydrogen-bond donors (Lipinski definition) is 0. The summed E-state index contributed by atoms with van der Waals surface area (Å²) in [6.45, 7) is 7.60. The minimum atomic E-state index is -4.15. The zero-order valence-corrected chi connectivity index (χ0v) is 21.1. The van der Waals surface area contributed by atoms with Crippen LogP contribution in [-0.2, 0) is 13.6 Å². The third kappa shape index (κ3) is 23.1. The van der Waals surface area contributed by atoms with Gasteiger partial charge < -0.3 is 13.9 Å². The molecular weight excluding hydrogens is 358 g/mol. The van der Waals surface area contributed by atoms with Crippen molar-refractivity contribution in [1.82, 2.24) is 0 Å². The summed E-state index contributed by atoms with van der Waals surface area (Å²) in [7, 11) is -4.15. The monoisotopic (exact) mass is 400 g/mol. The van der Waals surface area contributed by atoms with Crippen LogP contribution in [0.5, 0.6) is 0 Å². The van der Waals surface area contributed by atoms with Gasteiger partial charge >= 0.3 is 29.6 Å². The molecule has 152 valence electrons. The summed E-state index contributed by atoms with van der Waals surface area (Å²) in [6, 6.07) is 0. The molecule has 1 atom stereocenters. The van der Waals surface area contributed by atoms with E-state index in [0.717, 1.165) is 19.3 Å². The van der Waals surface area contributed by atoms with Gasteiger partial charge in [-0.3, -0.25) is 4.57 Å². The van der Waals surface area contributed by atoms with Crippen LogP contribution in [0.25, 0.3) is 0 Å². The number of rotatable bonds is 17. The number of hydrogen-bond acceptors (Lipinski definition) is 4. The second-order valence-electron chi connectivity index (χ2n) is 8.08. The van der Waals surface area contributed by atoms with E-state index in [1.165, 1.54) is 70.6 Å². The molecular formula is C20H42NaO4P. The SMILES string of the molecule is CCCCCCCCCCCCCCCCOP(=O)([O-])OC(C)(C)C.[Na+]. The molecule has 6 heteroatoms. The van der Waals surface area contributed by atoms with Crippen molar-refractivity contribution >= 4 is 7.82 Å². The normalized spacial score (nSPS) is 14.0. The van der Waals surface area contributed by atoms with E-state index in [0.29, 0.717) is 0 Å². The van der Waals surface area contributed by atoms with Gasteiger partial charge in [-0.2, -0.15) is 0 Å². The Hall–Kier alpha value is 1.11. The fraction of sp³-hybridized carbons (Fsp3) is 1.00. The first kappa shape index (κ1) is 29.3. The molecule has 0 aliphatic carbocycles. The van der Waals surface area contributed by atoms with E-state index in [1.54, 1.807) is 20.8 Å². The molecule has 1 unspecified atom stereocenters. The van der Waals surface area contributed by atoms with E-state index in [-0.39, 0.29) is 36.2 Å². The molecule has 0 aliphatic rings. The van der Waals surface area contributed by atoms with Crippen LogP contribution >= 0.6 is 7.82 Å². The van der Waals surface area contributed by atoms with Gasteiger partial charge in [-0.25, -0.2) is 0 Å². The summed E-state index contributed by atoms with van der Waals surface area (Å²) in [5.74, 6) is 0. The number of phosphoric ester groups is 1. The fourth-order valence-electron chi connectivity index (χ4n) is 2.83. The van der Waals surface area contributed by atoms with E-state index >= 15 is 0 Å². The van der Waals surface area contributed by atoms with Crippen LogP contribution in [0.2, 0.25) is 0 Å². The van der Waals surface area contributed by atoms with E-state index in [1.807, 2.05) is 0 Å². The first-order chi connectivity index (χ1) is 11.8. The van der Waals surface area contributed by atoms with Crippen molar-refractivity contribution in [3.8, 4) is 0 Å². The molecule has 0 saturated heterocycles. The summed E-state index contributed by atoms with van der Waals surface area (Å²) in [5, 5.41) is 0. The molecule has 0 aromatic rings. The topological polar surface area (TPSA) is 58.6 Å². The molecule has 0 aliphatic heterocycles. The van der Waals surface area contributed by atoms with Crippen LogP contribution in [-0.4, -0.2) is 12.2 Å². The molecule has 0 bridgehead atoms. The van der Waals surface area contributed by atoms with Crippen molar-refractivity contribution < 1.29 is 48.1 Å². The van der Waals surface area contributed by atoms with E-state index < -0.39 is 13.4 Å². The smallest absolute Gasteiger partial charge is 0.756 e. The van der Waals surface area contributed by atoms with Crippen molar-refractivity contribution in [3.05, 3.63) is 0 Å². The predicted octanol–water partition coefficient (Wildman–Crippen LogP) is 3.77. The first-order valence-corrected chi connectivity index (χ1v) is 11.9. The Balaban J connectivity index is 0. The van der Waals surface area contributed by atoms with E-state index in [9.17, 15) is 9.46 Å². The number of unbranched alkanes of at least 4 members (excludes halogenated alkanes) is 13. The van der Waals surface area contributed by atoms with E-state index in [4.69, 9.17) is 9.05 Å². The average molecular weight is 401 g/mol. The van der Waals surface area contributed by atoms with Crippen LogP contribution in [0, 0.1) is 0 Å². The largest absolute Gasteiger partial charge is 1.00 e. The number of phosphoric acid groups is 1. The quantitative estimate of drug-likeness (QED) is 0.212. The van der Waals surface area contributed by atoms with Gasteiger partial charge in [0.2, 0.25) is 0 Å². The van der Waals surface area contributed by atoms with Crippen LogP contribution in [0.1, 0.15) is 118 Å². The standard InChI is InChI=1S/C20H43O4P.Na/c1-5-6-7-8-9-10-11-12-13-14-15-16-17-18-19-23-25(21,22)24-20(2,3)4;/h5-19H2,1-4H3,(H,21,22);/q;+1/p-1. The summed E-state index contributed by atoms with van der Waals surface area (Å²) >= 11 is 0. The van der Waals surface area contributed by atoms with Crippen molar-refractivity contribution in [3.63, 3.8) is 0 Å². The van der Waals surface area contributed by atoms with Gasteiger partial charge in [0.15, 0.2) is 0 Å². The Morgan fingerprint density at radius 1 is 0.731 bits per heavy atom. The summed E-state index contributed by atoms with van der Waals surface area (Å²) < 4.78 is 21.4. The van der Waals surface area contributed by atoms with Gasteiger partial charge in [-0.1, -0.05) is 90.4 Å². The molecule has 0 radical (unpaired) electrons. The first-order valence-electron chi connectivity index (χ1n) is 10.4. The van der Waals surface area contributed by atoms with Crippen LogP contribution in [0.3, 0.4) is 0 Å². The Kier molecular flexibility index (Phi) is 20.5. The van der Waals surface area contributed by atoms with Crippen molar-refractivity contribution in [2.75, 3.05) is 6.61 Å². The van der Waals surface area contributed by atoms with Crippen molar-refractivity contribution in [2.45, 2.75) is 123 Å². The van der Waals surface area contributed by atoms with Crippen LogP contribution in [0.15, 0.2) is 0 Å². The third-order valence-electron chi connectivity index (χ3n) is 4.13. The predicted molar refractivity (Wildman–Crippen MR) is 105 cm³/mol. The van der Waals surface area contributed by atoms with Crippen molar-refractivity contribution in [2.24, 2.45) is 0 Å². The van der Waals surface area contributed by atoms with Crippen molar-refractivity contribution in [1.29, 1.82) is 0 Å². The molecule has 0 aromatic carbocycles. The maximum Gasteiger partial charge on any atom is 1.00 e. The second-order valence-corrected chi connectivity index (χ2v) is 9.42. The summed E-state index contributed by atoms with van der Waals surface area (Å²) in [4.78, 5) is 11.6. The zero-order chi connectivity index (χ0) is 19.0. The molecule has 0 saturated carbocycles. The van der Waals surface area contributed by atoms with E-state index in [2.05, 4.69) is 6.92 Å². The van der Waals surface area contributed by atoms with Crippen LogP contribution in [0.4, 0.5) is 0 Å². The van der Waals surface area contributed by atoms with Gasteiger partial charge in [0.05, 0.1) is 12.2 Å². The molecule has 0 heterocycles. The van der Waals surface area contributed by atoms with Gasteiger partial charge in [0, 0.05) is 0 Å². The maximum atomic E-state index is 11.6. The molecule has 0 aromatic heterocycles. The molecule has 26 heavy (non-hydrogen) atoms. The Morgan fingerprint density at radius 2 is 1.08 bits per heavy atom. The minimum Gasteiger partial charge on any atom is -0.756 e. The molecule has 0 spiro atoms. The molecule has 0 fully saturated rings. The van der Waals surface area contributed by atoms with Gasteiger partial charge in [-0.05, 0) is 27.2 Å².